The molecule has 4 nitrogen and oxygen atoms in total. The van der Waals surface area contributed by atoms with Gasteiger partial charge in [-0.05, 0) is 55.9 Å². The first-order valence-electron chi connectivity index (χ1n) is 8.59. The van der Waals surface area contributed by atoms with Crippen LogP contribution in [0.25, 0.3) is 0 Å². The van der Waals surface area contributed by atoms with Crippen molar-refractivity contribution < 1.29 is 0 Å². The molecule has 1 aromatic heterocycles. The number of benzene rings is 1. The van der Waals surface area contributed by atoms with Crippen molar-refractivity contribution in [2.75, 3.05) is 13.6 Å². The summed E-state index contributed by atoms with van der Waals surface area (Å²) >= 11 is 0. The summed E-state index contributed by atoms with van der Waals surface area (Å²) in [6.45, 7) is 5.15. The fourth-order valence-electron chi connectivity index (χ4n) is 2.63. The molecule has 0 saturated heterocycles. The summed E-state index contributed by atoms with van der Waals surface area (Å²) in [5.74, 6) is 0.863. The Bertz CT molecular complexity index is 643. The highest BCUT2D eigenvalue weighted by Gasteiger charge is 2.06. The topological polar surface area (TPSA) is 49.3 Å². The van der Waals surface area contributed by atoms with Gasteiger partial charge in [0.2, 0.25) is 0 Å². The molecular weight excluding hydrogens is 423 g/mol. The average molecular weight is 452 g/mol. The number of nitrogens with zero attached hydrogens (tertiary/aromatic N) is 2. The molecule has 25 heavy (non-hydrogen) atoms. The maximum absolute atomic E-state index is 4.32. The highest BCUT2D eigenvalue weighted by atomic mass is 127. The van der Waals surface area contributed by atoms with Gasteiger partial charge in [0.15, 0.2) is 5.96 Å². The molecule has 2 aromatic rings. The van der Waals surface area contributed by atoms with E-state index in [2.05, 4.69) is 70.9 Å². The summed E-state index contributed by atoms with van der Waals surface area (Å²) in [6.07, 6.45) is 6.87. The molecule has 0 aliphatic carbocycles. The molecule has 0 spiro atoms. The molecule has 0 radical (unpaired) electrons. The first-order chi connectivity index (χ1) is 11.7. The maximum atomic E-state index is 4.32. The lowest BCUT2D eigenvalue weighted by atomic mass is 10.1. The summed E-state index contributed by atoms with van der Waals surface area (Å²) in [5, 5.41) is 6.86. The van der Waals surface area contributed by atoms with Crippen molar-refractivity contribution in [2.45, 2.75) is 39.2 Å². The lowest BCUT2D eigenvalue weighted by molar-refractivity contribution is 0.593. The monoisotopic (exact) mass is 452 g/mol. The first kappa shape index (κ1) is 21.4. The minimum absolute atomic E-state index is 0. The predicted octanol–water partition coefficient (Wildman–Crippen LogP) is 3.74. The Morgan fingerprint density at radius 1 is 1.16 bits per heavy atom. The lowest BCUT2D eigenvalue weighted by Gasteiger charge is -2.18. The first-order valence-corrected chi connectivity index (χ1v) is 8.59. The summed E-state index contributed by atoms with van der Waals surface area (Å²) in [4.78, 5) is 8.45. The highest BCUT2D eigenvalue weighted by molar-refractivity contribution is 14.0. The van der Waals surface area contributed by atoms with Gasteiger partial charge in [-0.3, -0.25) is 9.98 Å². The highest BCUT2D eigenvalue weighted by Crippen LogP contribution is 2.06. The van der Waals surface area contributed by atoms with Gasteiger partial charge < -0.3 is 10.6 Å². The second-order valence-electron chi connectivity index (χ2n) is 6.12. The van der Waals surface area contributed by atoms with Gasteiger partial charge in [-0.25, -0.2) is 0 Å². The van der Waals surface area contributed by atoms with Crippen LogP contribution in [0.3, 0.4) is 0 Å². The Hall–Kier alpha value is -1.63. The molecule has 1 aromatic carbocycles. The summed E-state index contributed by atoms with van der Waals surface area (Å²) in [7, 11) is 1.82. The van der Waals surface area contributed by atoms with Crippen LogP contribution >= 0.6 is 24.0 Å². The van der Waals surface area contributed by atoms with Crippen LogP contribution in [0.15, 0.2) is 53.8 Å². The summed E-state index contributed by atoms with van der Waals surface area (Å²) < 4.78 is 0. The average Bonchev–Trinajstić information content (AvgIpc) is 2.61. The Labute approximate surface area is 168 Å². The second-order valence-corrected chi connectivity index (χ2v) is 6.12. The van der Waals surface area contributed by atoms with Crippen molar-refractivity contribution in [2.24, 2.45) is 4.99 Å². The quantitative estimate of drug-likeness (QED) is 0.383. The maximum Gasteiger partial charge on any atom is 0.191 e. The molecule has 2 rings (SSSR count). The van der Waals surface area contributed by atoms with E-state index >= 15 is 0 Å². The molecule has 136 valence electrons. The van der Waals surface area contributed by atoms with Crippen molar-refractivity contribution in [1.82, 2.24) is 15.6 Å². The van der Waals surface area contributed by atoms with Gasteiger partial charge in [0.25, 0.3) is 0 Å². The minimum Gasteiger partial charge on any atom is -0.356 e. The molecule has 0 amide bonds. The van der Waals surface area contributed by atoms with E-state index in [4.69, 9.17) is 0 Å². The van der Waals surface area contributed by atoms with Crippen LogP contribution < -0.4 is 10.6 Å². The van der Waals surface area contributed by atoms with Crippen molar-refractivity contribution in [3.8, 4) is 0 Å². The van der Waals surface area contributed by atoms with Crippen LogP contribution in [0.5, 0.6) is 0 Å². The molecule has 2 N–H and O–H groups in total. The fraction of sp³-hybridized carbons (Fsp3) is 0.400. The van der Waals surface area contributed by atoms with Crippen molar-refractivity contribution in [3.05, 3.63) is 65.5 Å². The number of nitrogens with one attached hydrogen (secondary N) is 2. The van der Waals surface area contributed by atoms with E-state index in [0.29, 0.717) is 6.04 Å². The van der Waals surface area contributed by atoms with Gasteiger partial charge in [-0.1, -0.05) is 30.3 Å². The minimum atomic E-state index is 0. The van der Waals surface area contributed by atoms with Crippen molar-refractivity contribution >= 4 is 29.9 Å². The largest absolute Gasteiger partial charge is 0.356 e. The van der Waals surface area contributed by atoms with E-state index in [1.165, 1.54) is 16.7 Å². The Kier molecular flexibility index (Phi) is 10.1. The van der Waals surface area contributed by atoms with E-state index in [9.17, 15) is 0 Å². The zero-order chi connectivity index (χ0) is 17.2. The van der Waals surface area contributed by atoms with Crippen LogP contribution in [0.1, 0.15) is 30.0 Å². The van der Waals surface area contributed by atoms with Crippen LogP contribution in [0.4, 0.5) is 0 Å². The normalized spacial score (nSPS) is 12.2. The predicted molar refractivity (Wildman–Crippen MR) is 117 cm³/mol. The summed E-state index contributed by atoms with van der Waals surface area (Å²) in [6, 6.07) is 13.0. The number of hydrogen-bond acceptors (Lipinski definition) is 2. The van der Waals surface area contributed by atoms with E-state index in [0.717, 1.165) is 31.8 Å². The SMILES string of the molecule is CN=C(NCCc1ccncc1C)NC(C)CCc1ccccc1.I. The molecule has 1 heterocycles. The van der Waals surface area contributed by atoms with Gasteiger partial charge in [-0.2, -0.15) is 0 Å². The van der Waals surface area contributed by atoms with E-state index < -0.39 is 0 Å². The number of aromatic nitrogens is 1. The van der Waals surface area contributed by atoms with Gasteiger partial charge >= 0.3 is 0 Å². The van der Waals surface area contributed by atoms with Crippen molar-refractivity contribution in [3.63, 3.8) is 0 Å². The second kappa shape index (κ2) is 11.8. The molecule has 0 saturated carbocycles. The Morgan fingerprint density at radius 3 is 2.60 bits per heavy atom. The molecule has 0 bridgehead atoms. The number of hydrogen-bond donors (Lipinski definition) is 2. The zero-order valence-corrected chi connectivity index (χ0v) is 17.7. The summed E-state index contributed by atoms with van der Waals surface area (Å²) in [5.41, 5.74) is 3.94. The van der Waals surface area contributed by atoms with E-state index in [1.807, 2.05) is 19.4 Å². The van der Waals surface area contributed by atoms with Gasteiger partial charge in [0, 0.05) is 32.0 Å². The van der Waals surface area contributed by atoms with Gasteiger partial charge in [0.05, 0.1) is 0 Å². The molecule has 0 aliphatic rings. The van der Waals surface area contributed by atoms with Crippen LogP contribution in [0.2, 0.25) is 0 Å². The number of aryl methyl sites for hydroxylation is 2. The number of halogens is 1. The molecule has 5 heteroatoms. The third-order valence-corrected chi connectivity index (χ3v) is 4.14. The number of rotatable bonds is 7. The number of aliphatic imine (C=N–C) groups is 1. The molecular formula is C20H29IN4. The molecule has 1 atom stereocenters. The Morgan fingerprint density at radius 2 is 1.92 bits per heavy atom. The fourth-order valence-corrected chi connectivity index (χ4v) is 2.63. The van der Waals surface area contributed by atoms with Crippen molar-refractivity contribution in [1.29, 1.82) is 0 Å². The molecule has 0 fully saturated rings. The smallest absolute Gasteiger partial charge is 0.191 e. The van der Waals surface area contributed by atoms with E-state index in [-0.39, 0.29) is 24.0 Å². The Balaban J connectivity index is 0.00000312. The standard InChI is InChI=1S/C20H28N4.HI/c1-16-15-22-13-11-19(16)12-14-23-20(21-3)24-17(2)9-10-18-7-5-4-6-8-18;/h4-8,11,13,15,17H,9-10,12,14H2,1-3H3,(H2,21,23,24);1H. The van der Waals surface area contributed by atoms with Crippen LogP contribution in [-0.4, -0.2) is 30.6 Å². The van der Waals surface area contributed by atoms with E-state index in [1.54, 1.807) is 0 Å². The van der Waals surface area contributed by atoms with Crippen LogP contribution in [0, 0.1) is 6.92 Å². The number of pyridine rings is 1. The lowest BCUT2D eigenvalue weighted by Crippen LogP contribution is -2.43. The third-order valence-electron chi connectivity index (χ3n) is 4.14. The molecule has 0 aliphatic heterocycles. The third kappa shape index (κ3) is 7.86. The zero-order valence-electron chi connectivity index (χ0n) is 15.3. The van der Waals surface area contributed by atoms with Gasteiger partial charge in [-0.15, -0.1) is 24.0 Å². The van der Waals surface area contributed by atoms with Gasteiger partial charge in [0.1, 0.15) is 0 Å². The number of guanidine groups is 1. The molecule has 1 unspecified atom stereocenters. The van der Waals surface area contributed by atoms with Crippen LogP contribution in [-0.2, 0) is 12.8 Å².